The number of aromatic amines is 1. The number of H-pyrrole nitrogens is 1. The smallest absolute Gasteiger partial charge is 0.272 e. The minimum Gasteiger partial charge on any atom is -0.357 e. The highest BCUT2D eigenvalue weighted by Crippen LogP contribution is 2.28. The van der Waals surface area contributed by atoms with Crippen molar-refractivity contribution in [2.24, 2.45) is 5.41 Å². The summed E-state index contributed by atoms with van der Waals surface area (Å²) in [6.45, 7) is 8.52. The first-order chi connectivity index (χ1) is 15.8. The van der Waals surface area contributed by atoms with Gasteiger partial charge in [0, 0.05) is 44.6 Å². The Kier molecular flexibility index (Phi) is 6.33. The molecule has 3 heterocycles. The number of imidazole rings is 2. The predicted molar refractivity (Wildman–Crippen MR) is 125 cm³/mol. The van der Waals surface area contributed by atoms with Gasteiger partial charge in [0.05, 0.1) is 12.2 Å². The molecule has 3 N–H and O–H groups in total. The van der Waals surface area contributed by atoms with Crippen molar-refractivity contribution in [3.05, 3.63) is 59.9 Å². The molecule has 9 heteroatoms. The van der Waals surface area contributed by atoms with E-state index < -0.39 is 11.5 Å². The number of amides is 2. The van der Waals surface area contributed by atoms with Crippen molar-refractivity contribution in [3.63, 3.8) is 0 Å². The van der Waals surface area contributed by atoms with Crippen LogP contribution in [0.1, 0.15) is 42.8 Å². The molecule has 2 aromatic heterocycles. The van der Waals surface area contributed by atoms with Gasteiger partial charge in [-0.05, 0) is 5.41 Å². The van der Waals surface area contributed by atoms with Crippen LogP contribution in [0.3, 0.4) is 0 Å². The maximum absolute atomic E-state index is 13.5. The third kappa shape index (κ3) is 4.83. The van der Waals surface area contributed by atoms with Crippen LogP contribution in [-0.2, 0) is 24.4 Å². The van der Waals surface area contributed by atoms with E-state index in [9.17, 15) is 9.59 Å². The number of fused-ring (bicyclic) bond motifs is 1. The van der Waals surface area contributed by atoms with Crippen molar-refractivity contribution in [3.8, 4) is 11.4 Å². The lowest BCUT2D eigenvalue weighted by molar-refractivity contribution is -0.124. The molecule has 0 aliphatic carbocycles. The van der Waals surface area contributed by atoms with E-state index in [0.29, 0.717) is 25.3 Å². The van der Waals surface area contributed by atoms with Gasteiger partial charge in [-0.15, -0.1) is 0 Å². The highest BCUT2D eigenvalue weighted by molar-refractivity contribution is 5.97. The van der Waals surface area contributed by atoms with Crippen molar-refractivity contribution < 1.29 is 9.59 Å². The lowest BCUT2D eigenvalue weighted by atomic mass is 9.86. The van der Waals surface area contributed by atoms with Gasteiger partial charge in [-0.3, -0.25) is 14.5 Å². The summed E-state index contributed by atoms with van der Waals surface area (Å²) < 4.78 is 2.12. The first kappa shape index (κ1) is 22.7. The largest absolute Gasteiger partial charge is 0.357 e. The van der Waals surface area contributed by atoms with Gasteiger partial charge < -0.3 is 20.2 Å². The number of benzene rings is 1. The molecule has 9 nitrogen and oxygen atoms in total. The van der Waals surface area contributed by atoms with E-state index in [1.807, 2.05) is 51.1 Å². The van der Waals surface area contributed by atoms with Crippen LogP contribution < -0.4 is 10.6 Å². The molecule has 1 aliphatic heterocycles. The van der Waals surface area contributed by atoms with E-state index in [2.05, 4.69) is 30.1 Å². The number of carbonyl (C=O) groups is 2. The number of aromatic nitrogens is 4. The van der Waals surface area contributed by atoms with Gasteiger partial charge in [0.1, 0.15) is 17.7 Å². The lowest BCUT2D eigenvalue weighted by Gasteiger charge is -2.30. The van der Waals surface area contributed by atoms with Crippen LogP contribution in [-0.4, -0.2) is 55.9 Å². The Morgan fingerprint density at radius 3 is 2.58 bits per heavy atom. The van der Waals surface area contributed by atoms with E-state index in [1.54, 1.807) is 19.4 Å². The fourth-order valence-electron chi connectivity index (χ4n) is 4.16. The third-order valence-electron chi connectivity index (χ3n) is 5.91. The van der Waals surface area contributed by atoms with Gasteiger partial charge in [-0.25, -0.2) is 9.97 Å². The van der Waals surface area contributed by atoms with Gasteiger partial charge >= 0.3 is 0 Å². The molecular formula is C24H31N7O2. The molecule has 1 unspecified atom stereocenters. The summed E-state index contributed by atoms with van der Waals surface area (Å²) in [6.07, 6.45) is 3.54. The van der Waals surface area contributed by atoms with E-state index in [1.165, 1.54) is 0 Å². The molecule has 3 aromatic rings. The summed E-state index contributed by atoms with van der Waals surface area (Å²) in [5.74, 6) is 1.07. The summed E-state index contributed by atoms with van der Waals surface area (Å²) in [7, 11) is 1.58. The first-order valence-corrected chi connectivity index (χ1v) is 11.2. The Morgan fingerprint density at radius 2 is 1.94 bits per heavy atom. The predicted octanol–water partition coefficient (Wildman–Crippen LogP) is 2.18. The fourth-order valence-corrected chi connectivity index (χ4v) is 4.16. The Labute approximate surface area is 193 Å². The minimum absolute atomic E-state index is 0.230. The molecule has 0 bridgehead atoms. The van der Waals surface area contributed by atoms with Crippen LogP contribution in [0.4, 0.5) is 0 Å². The molecular weight excluding hydrogens is 418 g/mol. The quantitative estimate of drug-likeness (QED) is 0.535. The Morgan fingerprint density at radius 1 is 1.18 bits per heavy atom. The van der Waals surface area contributed by atoms with Crippen LogP contribution in [0.15, 0.2) is 42.7 Å². The number of hydrogen-bond acceptors (Lipinski definition) is 5. The minimum atomic E-state index is -0.685. The second-order valence-corrected chi connectivity index (χ2v) is 9.38. The average Bonchev–Trinajstić information content (AvgIpc) is 3.44. The van der Waals surface area contributed by atoms with Crippen molar-refractivity contribution >= 4 is 11.8 Å². The SMILES string of the molecule is CNC(=O)C(NC(=O)c1nc(-c2ccccc2)n2c1CN(Cc1ncc[nH]1)CC2)C(C)(C)C. The standard InChI is InChI=1S/C24H31N7O2/c1-24(2,3)20(23(33)25-4)29-22(32)19-17-14-30(15-18-26-10-11-27-18)12-13-31(17)21(28-19)16-8-6-5-7-9-16/h5-11,20H,12-15H2,1-4H3,(H,25,33)(H,26,27)(H,29,32). The molecule has 0 saturated heterocycles. The van der Waals surface area contributed by atoms with Gasteiger partial charge in [-0.1, -0.05) is 51.1 Å². The maximum atomic E-state index is 13.5. The fraction of sp³-hybridized carbons (Fsp3) is 0.417. The molecule has 4 rings (SSSR count). The van der Waals surface area contributed by atoms with E-state index >= 15 is 0 Å². The zero-order chi connectivity index (χ0) is 23.6. The summed E-state index contributed by atoms with van der Waals surface area (Å²) in [5, 5.41) is 5.59. The van der Waals surface area contributed by atoms with Crippen LogP contribution in [0.5, 0.6) is 0 Å². The van der Waals surface area contributed by atoms with Crippen molar-refractivity contribution in [1.82, 2.24) is 35.1 Å². The number of likely N-dealkylation sites (N-methyl/N-ethyl adjacent to an activating group) is 1. The van der Waals surface area contributed by atoms with E-state index in [-0.39, 0.29) is 11.8 Å². The Bertz CT molecular complexity index is 1110. The summed E-state index contributed by atoms with van der Waals surface area (Å²) in [4.78, 5) is 40.4. The van der Waals surface area contributed by atoms with E-state index in [0.717, 1.165) is 29.5 Å². The molecule has 1 aromatic carbocycles. The first-order valence-electron chi connectivity index (χ1n) is 11.2. The van der Waals surface area contributed by atoms with Crippen molar-refractivity contribution in [1.29, 1.82) is 0 Å². The number of carbonyl (C=O) groups excluding carboxylic acids is 2. The van der Waals surface area contributed by atoms with Crippen LogP contribution in [0, 0.1) is 5.41 Å². The van der Waals surface area contributed by atoms with Crippen molar-refractivity contribution in [2.45, 2.75) is 46.4 Å². The zero-order valence-corrected chi connectivity index (χ0v) is 19.6. The lowest BCUT2D eigenvalue weighted by Crippen LogP contribution is -2.53. The molecule has 0 radical (unpaired) electrons. The van der Waals surface area contributed by atoms with Gasteiger partial charge in [0.15, 0.2) is 5.69 Å². The molecule has 174 valence electrons. The van der Waals surface area contributed by atoms with Gasteiger partial charge in [-0.2, -0.15) is 0 Å². The molecule has 1 aliphatic rings. The van der Waals surface area contributed by atoms with Crippen LogP contribution in [0.25, 0.3) is 11.4 Å². The topological polar surface area (TPSA) is 108 Å². The highest BCUT2D eigenvalue weighted by atomic mass is 16.2. The molecule has 2 amide bonds. The normalized spacial score (nSPS) is 15.0. The number of nitrogens with one attached hydrogen (secondary N) is 3. The number of nitrogens with zero attached hydrogens (tertiary/aromatic N) is 4. The molecule has 0 fully saturated rings. The molecule has 33 heavy (non-hydrogen) atoms. The summed E-state index contributed by atoms with van der Waals surface area (Å²) in [5.41, 5.74) is 1.70. The Balaban J connectivity index is 1.69. The molecule has 0 spiro atoms. The monoisotopic (exact) mass is 449 g/mol. The number of rotatable bonds is 6. The molecule has 1 atom stereocenters. The van der Waals surface area contributed by atoms with Gasteiger partial charge in [0.2, 0.25) is 5.91 Å². The summed E-state index contributed by atoms with van der Waals surface area (Å²) >= 11 is 0. The maximum Gasteiger partial charge on any atom is 0.272 e. The second kappa shape index (κ2) is 9.19. The Hall–Kier alpha value is -3.46. The average molecular weight is 450 g/mol. The molecule has 0 saturated carbocycles. The highest BCUT2D eigenvalue weighted by Gasteiger charge is 2.35. The zero-order valence-electron chi connectivity index (χ0n) is 19.6. The van der Waals surface area contributed by atoms with Crippen molar-refractivity contribution in [2.75, 3.05) is 13.6 Å². The van der Waals surface area contributed by atoms with E-state index in [4.69, 9.17) is 4.98 Å². The number of hydrogen-bond donors (Lipinski definition) is 3. The summed E-state index contributed by atoms with van der Waals surface area (Å²) in [6, 6.07) is 9.19. The van der Waals surface area contributed by atoms with Gasteiger partial charge in [0.25, 0.3) is 5.91 Å². The second-order valence-electron chi connectivity index (χ2n) is 9.38. The van der Waals surface area contributed by atoms with Crippen LogP contribution in [0.2, 0.25) is 0 Å². The van der Waals surface area contributed by atoms with Crippen LogP contribution >= 0.6 is 0 Å². The third-order valence-corrected chi connectivity index (χ3v) is 5.91.